The smallest absolute Gasteiger partial charge is 0.338 e. The van der Waals surface area contributed by atoms with Gasteiger partial charge in [-0.15, -0.1) is 0 Å². The van der Waals surface area contributed by atoms with Gasteiger partial charge in [-0.2, -0.15) is 0 Å². The van der Waals surface area contributed by atoms with Crippen LogP contribution >= 0.6 is 27.3 Å². The molecule has 0 saturated heterocycles. The average molecular weight is 497 g/mol. The molecule has 1 aromatic heterocycles. The fourth-order valence-corrected chi connectivity index (χ4v) is 5.04. The molecule has 0 saturated carbocycles. The largest absolute Gasteiger partial charge is 0.463 e. The Morgan fingerprint density at radius 1 is 1.23 bits per heavy atom. The van der Waals surface area contributed by atoms with Gasteiger partial charge in [0.05, 0.1) is 28.5 Å². The minimum absolute atomic E-state index is 0.177. The van der Waals surface area contributed by atoms with Crippen LogP contribution in [0.25, 0.3) is 6.08 Å². The van der Waals surface area contributed by atoms with E-state index in [1.54, 1.807) is 18.4 Å². The van der Waals surface area contributed by atoms with Gasteiger partial charge in [-0.1, -0.05) is 69.7 Å². The lowest BCUT2D eigenvalue weighted by Crippen LogP contribution is -2.39. The number of ether oxygens (including phenoxy) is 1. The maximum atomic E-state index is 13.5. The number of carbonyl (C=O) groups is 1. The Labute approximate surface area is 192 Å². The van der Waals surface area contributed by atoms with Gasteiger partial charge in [0.1, 0.15) is 0 Å². The number of halogens is 1. The Morgan fingerprint density at radius 2 is 1.97 bits per heavy atom. The third kappa shape index (κ3) is 4.07. The van der Waals surface area contributed by atoms with Crippen molar-refractivity contribution >= 4 is 39.3 Å². The number of hydrogen-bond donors (Lipinski definition) is 0. The molecule has 1 atom stereocenters. The molecule has 158 valence electrons. The fraction of sp³-hybridized carbons (Fsp3) is 0.208. The van der Waals surface area contributed by atoms with Crippen LogP contribution in [0.2, 0.25) is 0 Å². The van der Waals surface area contributed by atoms with Gasteiger partial charge >= 0.3 is 5.97 Å². The molecule has 0 N–H and O–H groups in total. The van der Waals surface area contributed by atoms with Gasteiger partial charge in [0.15, 0.2) is 4.80 Å². The number of fused-ring (bicyclic) bond motifs is 1. The summed E-state index contributed by atoms with van der Waals surface area (Å²) < 4.78 is 8.46. The van der Waals surface area contributed by atoms with Gasteiger partial charge in [-0.05, 0) is 49.6 Å². The molecule has 3 aromatic rings. The van der Waals surface area contributed by atoms with Crippen LogP contribution in [-0.2, 0) is 9.53 Å². The first-order chi connectivity index (χ1) is 14.9. The molecule has 0 bridgehead atoms. The number of rotatable bonds is 4. The standard InChI is InChI=1S/C24H21BrN2O3S/c1-4-30-23(29)20-15(3)26-24-27(21(20)17-8-6-5-7-9-17)22(28)19(31-24)13-16-11-10-14(2)18(25)12-16/h5-13,21H,4H2,1-3H3/b19-13-. The van der Waals surface area contributed by atoms with Crippen molar-refractivity contribution in [1.82, 2.24) is 4.57 Å². The van der Waals surface area contributed by atoms with Crippen LogP contribution in [0.4, 0.5) is 0 Å². The number of allylic oxidation sites excluding steroid dienone is 1. The molecule has 0 radical (unpaired) electrons. The predicted molar refractivity (Wildman–Crippen MR) is 126 cm³/mol. The number of aryl methyl sites for hydroxylation is 1. The third-order valence-corrected chi connectivity index (χ3v) is 6.96. The predicted octanol–water partition coefficient (Wildman–Crippen LogP) is 3.87. The summed E-state index contributed by atoms with van der Waals surface area (Å²) in [7, 11) is 0. The van der Waals surface area contributed by atoms with E-state index in [0.29, 0.717) is 20.6 Å². The minimum atomic E-state index is -0.580. The molecule has 1 aliphatic rings. The quantitative estimate of drug-likeness (QED) is 0.515. The highest BCUT2D eigenvalue weighted by molar-refractivity contribution is 9.10. The van der Waals surface area contributed by atoms with Crippen molar-refractivity contribution in [3.63, 3.8) is 0 Å². The summed E-state index contributed by atoms with van der Waals surface area (Å²) in [6.07, 6.45) is 1.86. The van der Waals surface area contributed by atoms with E-state index in [2.05, 4.69) is 20.9 Å². The first-order valence-corrected chi connectivity index (χ1v) is 11.5. The molecule has 0 fully saturated rings. The summed E-state index contributed by atoms with van der Waals surface area (Å²) in [5.74, 6) is -0.450. The summed E-state index contributed by atoms with van der Waals surface area (Å²) in [4.78, 5) is 31.5. The fourth-order valence-electron chi connectivity index (χ4n) is 3.59. The van der Waals surface area contributed by atoms with Gasteiger partial charge in [0.2, 0.25) is 0 Å². The minimum Gasteiger partial charge on any atom is -0.463 e. The highest BCUT2D eigenvalue weighted by Gasteiger charge is 2.33. The van der Waals surface area contributed by atoms with E-state index < -0.39 is 12.0 Å². The molecule has 2 aromatic carbocycles. The number of nitrogens with zero attached hydrogens (tertiary/aromatic N) is 2. The van der Waals surface area contributed by atoms with Crippen molar-refractivity contribution in [3.8, 4) is 0 Å². The molecule has 1 unspecified atom stereocenters. The number of carbonyl (C=O) groups excluding carboxylic acids is 1. The van der Waals surface area contributed by atoms with Crippen molar-refractivity contribution in [2.45, 2.75) is 26.8 Å². The first-order valence-electron chi connectivity index (χ1n) is 9.91. The molecular formula is C24H21BrN2O3S. The van der Waals surface area contributed by atoms with E-state index in [0.717, 1.165) is 21.2 Å². The van der Waals surface area contributed by atoms with Gasteiger partial charge in [-0.25, -0.2) is 9.79 Å². The molecule has 31 heavy (non-hydrogen) atoms. The van der Waals surface area contributed by atoms with Gasteiger partial charge < -0.3 is 4.74 Å². The van der Waals surface area contributed by atoms with Gasteiger partial charge in [0.25, 0.3) is 5.56 Å². The lowest BCUT2D eigenvalue weighted by molar-refractivity contribution is -0.139. The van der Waals surface area contributed by atoms with E-state index in [9.17, 15) is 9.59 Å². The summed E-state index contributed by atoms with van der Waals surface area (Å²) in [5, 5.41) is 0. The normalized spacial score (nSPS) is 16.1. The third-order valence-electron chi connectivity index (χ3n) is 5.13. The zero-order valence-electron chi connectivity index (χ0n) is 17.4. The molecule has 4 rings (SSSR count). The number of esters is 1. The van der Waals surface area contributed by atoms with E-state index in [-0.39, 0.29) is 12.2 Å². The summed E-state index contributed by atoms with van der Waals surface area (Å²) >= 11 is 4.87. The van der Waals surface area contributed by atoms with Crippen molar-refractivity contribution < 1.29 is 9.53 Å². The number of thiazole rings is 1. The first kappa shape index (κ1) is 21.5. The monoisotopic (exact) mass is 496 g/mol. The van der Waals surface area contributed by atoms with Crippen LogP contribution in [0.15, 0.2) is 74.1 Å². The van der Waals surface area contributed by atoms with Crippen LogP contribution in [0, 0.1) is 6.92 Å². The highest BCUT2D eigenvalue weighted by atomic mass is 79.9. The summed E-state index contributed by atoms with van der Waals surface area (Å²) in [5.41, 5.74) is 3.66. The van der Waals surface area contributed by atoms with Crippen LogP contribution in [-0.4, -0.2) is 17.1 Å². The second kappa shape index (κ2) is 8.77. The Hall–Kier alpha value is -2.77. The molecule has 7 heteroatoms. The van der Waals surface area contributed by atoms with Crippen molar-refractivity contribution in [1.29, 1.82) is 0 Å². The van der Waals surface area contributed by atoms with E-state index in [1.807, 2.05) is 61.5 Å². The molecule has 0 spiro atoms. The lowest BCUT2D eigenvalue weighted by atomic mass is 9.96. The Kier molecular flexibility index (Phi) is 6.07. The van der Waals surface area contributed by atoms with Crippen LogP contribution in [0.1, 0.15) is 36.6 Å². The molecular weight excluding hydrogens is 476 g/mol. The van der Waals surface area contributed by atoms with Crippen LogP contribution < -0.4 is 14.9 Å². The van der Waals surface area contributed by atoms with E-state index in [1.165, 1.54) is 11.3 Å². The Balaban J connectivity index is 1.95. The molecule has 0 aliphatic carbocycles. The maximum absolute atomic E-state index is 13.5. The topological polar surface area (TPSA) is 60.7 Å². The van der Waals surface area contributed by atoms with Crippen molar-refractivity contribution in [3.05, 3.63) is 101 Å². The van der Waals surface area contributed by atoms with E-state index >= 15 is 0 Å². The van der Waals surface area contributed by atoms with Crippen LogP contribution in [0.3, 0.4) is 0 Å². The number of aromatic nitrogens is 1. The zero-order valence-corrected chi connectivity index (χ0v) is 19.8. The molecule has 0 amide bonds. The average Bonchev–Trinajstić information content (AvgIpc) is 3.05. The second-order valence-corrected chi connectivity index (χ2v) is 9.09. The highest BCUT2D eigenvalue weighted by Crippen LogP contribution is 2.30. The van der Waals surface area contributed by atoms with E-state index in [4.69, 9.17) is 4.74 Å². The summed E-state index contributed by atoms with van der Waals surface area (Å²) in [6.45, 7) is 5.82. The maximum Gasteiger partial charge on any atom is 0.338 e. The molecule has 2 heterocycles. The van der Waals surface area contributed by atoms with Crippen molar-refractivity contribution in [2.75, 3.05) is 6.61 Å². The van der Waals surface area contributed by atoms with Gasteiger partial charge in [0, 0.05) is 4.47 Å². The molecule has 5 nitrogen and oxygen atoms in total. The second-order valence-electron chi connectivity index (χ2n) is 7.22. The Morgan fingerprint density at radius 3 is 2.65 bits per heavy atom. The Bertz CT molecular complexity index is 1370. The van der Waals surface area contributed by atoms with Crippen molar-refractivity contribution in [2.24, 2.45) is 4.99 Å². The van der Waals surface area contributed by atoms with Crippen LogP contribution in [0.5, 0.6) is 0 Å². The van der Waals surface area contributed by atoms with Gasteiger partial charge in [-0.3, -0.25) is 9.36 Å². The summed E-state index contributed by atoms with van der Waals surface area (Å²) in [6, 6.07) is 14.9. The number of benzene rings is 2. The zero-order chi connectivity index (χ0) is 22.1. The SMILES string of the molecule is CCOC(=O)C1=C(C)N=c2s/c(=C\c3ccc(C)c(Br)c3)c(=O)n2C1c1ccccc1. The molecule has 1 aliphatic heterocycles. The number of hydrogen-bond acceptors (Lipinski definition) is 5. The lowest BCUT2D eigenvalue weighted by Gasteiger charge is -2.24.